The highest BCUT2D eigenvalue weighted by Gasteiger charge is 2.14. The van der Waals surface area contributed by atoms with Gasteiger partial charge in [-0.2, -0.15) is 0 Å². The van der Waals surface area contributed by atoms with Gasteiger partial charge in [-0.25, -0.2) is 9.18 Å². The van der Waals surface area contributed by atoms with Crippen LogP contribution in [0.2, 0.25) is 0 Å². The van der Waals surface area contributed by atoms with Gasteiger partial charge in [-0.15, -0.1) is 0 Å². The lowest BCUT2D eigenvalue weighted by atomic mass is 10.1. The van der Waals surface area contributed by atoms with Crippen molar-refractivity contribution in [3.05, 3.63) is 58.9 Å². The third-order valence-corrected chi connectivity index (χ3v) is 3.29. The molecule has 0 aliphatic rings. The average molecular weight is 320 g/mol. The first-order chi connectivity index (χ1) is 11.0. The Bertz CT molecular complexity index is 699. The van der Waals surface area contributed by atoms with Crippen molar-refractivity contribution in [2.24, 2.45) is 0 Å². The van der Waals surface area contributed by atoms with Gasteiger partial charge in [-0.05, 0) is 30.2 Å². The predicted molar refractivity (Wildman–Crippen MR) is 80.9 cm³/mol. The zero-order chi connectivity index (χ0) is 16.8. The minimum Gasteiger partial charge on any atom is -0.489 e. The highest BCUT2D eigenvalue weighted by molar-refractivity contribution is 5.64. The van der Waals surface area contributed by atoms with Gasteiger partial charge >= 0.3 is 6.16 Å². The lowest BCUT2D eigenvalue weighted by molar-refractivity contribution is 0.120. The first-order valence-corrected chi connectivity index (χ1v) is 6.91. The third-order valence-electron chi connectivity index (χ3n) is 3.29. The first-order valence-electron chi connectivity index (χ1n) is 6.91. The highest BCUT2D eigenvalue weighted by Crippen LogP contribution is 2.26. The molecule has 0 saturated heterocycles. The number of carbonyl (C=O) groups excluding carboxylic acids is 1. The molecular weight excluding hydrogens is 303 g/mol. The summed E-state index contributed by atoms with van der Waals surface area (Å²) in [5.74, 6) is 0.185. The second-order valence-corrected chi connectivity index (χ2v) is 4.81. The predicted octanol–water partition coefficient (Wildman–Crippen LogP) is 3.35. The summed E-state index contributed by atoms with van der Waals surface area (Å²) >= 11 is 0. The van der Waals surface area contributed by atoms with Crippen LogP contribution in [-0.4, -0.2) is 18.4 Å². The number of methoxy groups -OCH3 is 1. The van der Waals surface area contributed by atoms with Crippen LogP contribution >= 0.6 is 0 Å². The van der Waals surface area contributed by atoms with E-state index in [0.29, 0.717) is 22.4 Å². The molecule has 0 saturated carbocycles. The summed E-state index contributed by atoms with van der Waals surface area (Å²) in [4.78, 5) is 11.3. The van der Waals surface area contributed by atoms with Crippen LogP contribution < -0.4 is 9.47 Å². The molecule has 0 unspecified atom stereocenters. The van der Waals surface area contributed by atoms with Gasteiger partial charge in [0.1, 0.15) is 23.9 Å². The molecule has 122 valence electrons. The van der Waals surface area contributed by atoms with Gasteiger partial charge in [0.05, 0.1) is 13.7 Å². The number of hydrogen-bond donors (Lipinski definition) is 1. The van der Waals surface area contributed by atoms with E-state index in [4.69, 9.17) is 9.47 Å². The lowest BCUT2D eigenvalue weighted by Crippen LogP contribution is -2.11. The largest absolute Gasteiger partial charge is 0.513 e. The molecule has 0 radical (unpaired) electrons. The molecule has 5 nitrogen and oxygen atoms in total. The minimum atomic E-state index is -0.872. The van der Waals surface area contributed by atoms with Crippen LogP contribution in [0.5, 0.6) is 11.5 Å². The number of benzene rings is 2. The van der Waals surface area contributed by atoms with Crippen molar-refractivity contribution < 1.29 is 28.5 Å². The second-order valence-electron chi connectivity index (χ2n) is 4.81. The van der Waals surface area contributed by atoms with E-state index in [1.165, 1.54) is 13.2 Å². The van der Waals surface area contributed by atoms with Crippen LogP contribution in [0.1, 0.15) is 16.7 Å². The van der Waals surface area contributed by atoms with Crippen molar-refractivity contribution in [1.29, 1.82) is 0 Å². The van der Waals surface area contributed by atoms with E-state index in [-0.39, 0.29) is 24.8 Å². The van der Waals surface area contributed by atoms with Crippen molar-refractivity contribution in [3.63, 3.8) is 0 Å². The maximum absolute atomic E-state index is 13.5. The summed E-state index contributed by atoms with van der Waals surface area (Å²) in [6.45, 7) is 1.41. The molecular formula is C17H17FO5. The second kappa shape index (κ2) is 7.60. The van der Waals surface area contributed by atoms with Gasteiger partial charge in [0, 0.05) is 11.6 Å². The maximum Gasteiger partial charge on any atom is 0.513 e. The summed E-state index contributed by atoms with van der Waals surface area (Å²) in [5, 5.41) is 9.42. The van der Waals surface area contributed by atoms with E-state index in [2.05, 4.69) is 4.74 Å². The van der Waals surface area contributed by atoms with Gasteiger partial charge in [0.15, 0.2) is 0 Å². The molecule has 0 bridgehead atoms. The van der Waals surface area contributed by atoms with Crippen LogP contribution in [0.4, 0.5) is 9.18 Å². The molecule has 0 aliphatic heterocycles. The molecule has 23 heavy (non-hydrogen) atoms. The monoisotopic (exact) mass is 320 g/mol. The smallest absolute Gasteiger partial charge is 0.489 e. The molecule has 0 aromatic heterocycles. The molecule has 0 aliphatic carbocycles. The van der Waals surface area contributed by atoms with Crippen molar-refractivity contribution in [3.8, 4) is 11.5 Å². The highest BCUT2D eigenvalue weighted by atomic mass is 19.1. The Labute approximate surface area is 133 Å². The van der Waals surface area contributed by atoms with Crippen molar-refractivity contribution >= 4 is 6.16 Å². The molecule has 0 heterocycles. The van der Waals surface area contributed by atoms with Gasteiger partial charge in [0.25, 0.3) is 0 Å². The molecule has 2 rings (SSSR count). The summed E-state index contributed by atoms with van der Waals surface area (Å²) in [6, 6.07) is 9.40. The Morgan fingerprint density at radius 3 is 2.70 bits per heavy atom. The molecule has 0 spiro atoms. The Morgan fingerprint density at radius 1 is 1.26 bits per heavy atom. The molecule has 0 amide bonds. The Morgan fingerprint density at radius 2 is 2.04 bits per heavy atom. The number of aliphatic hydroxyl groups excluding tert-OH is 1. The number of hydrogen-bond acceptors (Lipinski definition) is 5. The van der Waals surface area contributed by atoms with E-state index in [0.717, 1.165) is 0 Å². The fraction of sp³-hybridized carbons (Fsp3) is 0.235. The van der Waals surface area contributed by atoms with Crippen LogP contribution in [0.25, 0.3) is 0 Å². The normalized spacial score (nSPS) is 10.3. The number of rotatable bonds is 5. The van der Waals surface area contributed by atoms with Gasteiger partial charge < -0.3 is 19.3 Å². The van der Waals surface area contributed by atoms with Gasteiger partial charge in [-0.3, -0.25) is 0 Å². The molecule has 0 fully saturated rings. The standard InChI is InChI=1S/C17H17FO5/c1-11-6-7-13(8-15(11)18)22-10-14-12(9-19)4-3-5-16(14)23-17(20)21-2/h3-8,19H,9-10H2,1-2H3. The number of halogens is 1. The van der Waals surface area contributed by atoms with E-state index in [1.54, 1.807) is 37.3 Å². The molecule has 1 N–H and O–H groups in total. The van der Waals surface area contributed by atoms with E-state index >= 15 is 0 Å². The fourth-order valence-electron chi connectivity index (χ4n) is 1.97. The number of aryl methyl sites for hydroxylation is 1. The number of ether oxygens (including phenoxy) is 3. The van der Waals surface area contributed by atoms with Gasteiger partial charge in [-0.1, -0.05) is 18.2 Å². The quantitative estimate of drug-likeness (QED) is 0.676. The van der Waals surface area contributed by atoms with Crippen molar-refractivity contribution in [2.75, 3.05) is 7.11 Å². The number of aliphatic hydroxyl groups is 1. The first kappa shape index (κ1) is 16.8. The SMILES string of the molecule is COC(=O)Oc1cccc(CO)c1COc1ccc(C)c(F)c1. The fourth-order valence-corrected chi connectivity index (χ4v) is 1.97. The third kappa shape index (κ3) is 4.20. The van der Waals surface area contributed by atoms with Crippen LogP contribution in [0, 0.1) is 12.7 Å². The van der Waals surface area contributed by atoms with Gasteiger partial charge in [0.2, 0.25) is 0 Å². The lowest BCUT2D eigenvalue weighted by Gasteiger charge is -2.14. The Hall–Kier alpha value is -2.60. The molecule has 2 aromatic carbocycles. The van der Waals surface area contributed by atoms with Crippen LogP contribution in [0.3, 0.4) is 0 Å². The molecule has 6 heteroatoms. The summed E-state index contributed by atoms with van der Waals surface area (Å²) in [5.41, 5.74) is 1.54. The van der Waals surface area contributed by atoms with E-state index in [1.807, 2.05) is 0 Å². The summed E-state index contributed by atoms with van der Waals surface area (Å²) in [7, 11) is 1.20. The van der Waals surface area contributed by atoms with Crippen LogP contribution in [-0.2, 0) is 18.0 Å². The van der Waals surface area contributed by atoms with Crippen molar-refractivity contribution in [2.45, 2.75) is 20.1 Å². The topological polar surface area (TPSA) is 65.0 Å². The number of carbonyl (C=O) groups is 1. The molecule has 2 aromatic rings. The maximum atomic E-state index is 13.5. The molecule has 0 atom stereocenters. The van der Waals surface area contributed by atoms with Crippen molar-refractivity contribution in [1.82, 2.24) is 0 Å². The average Bonchev–Trinajstić information content (AvgIpc) is 2.56. The zero-order valence-electron chi connectivity index (χ0n) is 12.8. The van der Waals surface area contributed by atoms with Crippen LogP contribution in [0.15, 0.2) is 36.4 Å². The zero-order valence-corrected chi connectivity index (χ0v) is 12.8. The summed E-state index contributed by atoms with van der Waals surface area (Å²) in [6.07, 6.45) is -0.872. The van der Waals surface area contributed by atoms with E-state index < -0.39 is 6.16 Å². The van der Waals surface area contributed by atoms with E-state index in [9.17, 15) is 14.3 Å². The Kier molecular flexibility index (Phi) is 5.54. The summed E-state index contributed by atoms with van der Waals surface area (Å²) < 4.78 is 28.6. The Balaban J connectivity index is 2.22. The minimum absolute atomic E-state index is 0.00552.